The molecule has 1 N–H and O–H groups in total. The van der Waals surface area contributed by atoms with Gasteiger partial charge in [0, 0.05) is 31.0 Å². The van der Waals surface area contributed by atoms with Crippen LogP contribution in [-0.4, -0.2) is 44.8 Å². The second-order valence-electron chi connectivity index (χ2n) is 5.79. The number of amides is 1. The van der Waals surface area contributed by atoms with Crippen molar-refractivity contribution in [3.05, 3.63) is 48.3 Å². The average molecular weight is 315 g/mol. The number of benzene rings is 1. The van der Waals surface area contributed by atoms with E-state index in [1.165, 1.54) is 0 Å². The van der Waals surface area contributed by atoms with Gasteiger partial charge in [0.15, 0.2) is 0 Å². The van der Waals surface area contributed by atoms with E-state index in [9.17, 15) is 9.59 Å². The molecule has 0 saturated heterocycles. The summed E-state index contributed by atoms with van der Waals surface area (Å²) in [6.07, 6.45) is 3.47. The Hall–Kier alpha value is -2.63. The molecule has 0 aliphatic heterocycles. The molecule has 0 radical (unpaired) electrons. The van der Waals surface area contributed by atoms with E-state index < -0.39 is 5.97 Å². The van der Waals surface area contributed by atoms with E-state index in [0.717, 1.165) is 5.69 Å². The molecule has 0 aliphatic rings. The van der Waals surface area contributed by atoms with Gasteiger partial charge >= 0.3 is 5.97 Å². The quantitative estimate of drug-likeness (QED) is 0.851. The van der Waals surface area contributed by atoms with Crippen molar-refractivity contribution in [3.8, 4) is 5.69 Å². The highest BCUT2D eigenvalue weighted by Gasteiger charge is 2.18. The van der Waals surface area contributed by atoms with E-state index in [0.29, 0.717) is 12.1 Å². The number of aliphatic carboxylic acids is 1. The molecule has 0 spiro atoms. The first-order chi connectivity index (χ1) is 11.0. The van der Waals surface area contributed by atoms with Crippen LogP contribution in [-0.2, 0) is 4.79 Å². The summed E-state index contributed by atoms with van der Waals surface area (Å²) < 4.78 is 1.71. The number of rotatable bonds is 7. The Morgan fingerprint density at radius 3 is 2.48 bits per heavy atom. The molecule has 1 heterocycles. The van der Waals surface area contributed by atoms with Gasteiger partial charge in [0.05, 0.1) is 12.1 Å². The number of carboxylic acid groups (broad SMARTS) is 1. The van der Waals surface area contributed by atoms with E-state index in [2.05, 4.69) is 5.10 Å². The van der Waals surface area contributed by atoms with Crippen LogP contribution >= 0.6 is 0 Å². The fraction of sp³-hybridized carbons (Fsp3) is 0.353. The average Bonchev–Trinajstić information content (AvgIpc) is 3.05. The maximum absolute atomic E-state index is 12.6. The second-order valence-corrected chi connectivity index (χ2v) is 5.79. The molecule has 6 nitrogen and oxygen atoms in total. The van der Waals surface area contributed by atoms with Crippen molar-refractivity contribution in [2.45, 2.75) is 20.3 Å². The Kier molecular flexibility index (Phi) is 5.51. The van der Waals surface area contributed by atoms with Crippen molar-refractivity contribution in [3.63, 3.8) is 0 Å². The zero-order valence-electron chi connectivity index (χ0n) is 13.3. The Labute approximate surface area is 135 Å². The Morgan fingerprint density at radius 1 is 1.26 bits per heavy atom. The van der Waals surface area contributed by atoms with Crippen LogP contribution in [0.4, 0.5) is 0 Å². The third kappa shape index (κ3) is 4.67. The van der Waals surface area contributed by atoms with Gasteiger partial charge in [0.25, 0.3) is 5.91 Å². The van der Waals surface area contributed by atoms with Crippen molar-refractivity contribution in [2.75, 3.05) is 13.1 Å². The monoisotopic (exact) mass is 315 g/mol. The van der Waals surface area contributed by atoms with Gasteiger partial charge in [0.1, 0.15) is 0 Å². The normalized spacial score (nSPS) is 10.7. The van der Waals surface area contributed by atoms with Crippen LogP contribution in [0.25, 0.3) is 5.69 Å². The van der Waals surface area contributed by atoms with Gasteiger partial charge in [-0.25, -0.2) is 4.68 Å². The van der Waals surface area contributed by atoms with Crippen LogP contribution in [0.2, 0.25) is 0 Å². The maximum atomic E-state index is 12.6. The highest BCUT2D eigenvalue weighted by atomic mass is 16.4. The standard InChI is InChI=1S/C17H21N3O3/c1-13(2)12-19(11-8-16(21)22)17(23)14-4-6-15(7-5-14)20-10-3-9-18-20/h3-7,9-10,13H,8,11-12H2,1-2H3,(H,21,22). The predicted octanol–water partition coefficient (Wildman–Crippen LogP) is 2.45. The lowest BCUT2D eigenvalue weighted by Gasteiger charge is -2.24. The third-order valence-electron chi connectivity index (χ3n) is 3.35. The predicted molar refractivity (Wildman–Crippen MR) is 86.6 cm³/mol. The van der Waals surface area contributed by atoms with Gasteiger partial charge in [-0.1, -0.05) is 13.8 Å². The molecule has 2 rings (SSSR count). The van der Waals surface area contributed by atoms with Gasteiger partial charge in [-0.15, -0.1) is 0 Å². The minimum atomic E-state index is -0.902. The summed E-state index contributed by atoms with van der Waals surface area (Å²) in [4.78, 5) is 25.0. The topological polar surface area (TPSA) is 75.4 Å². The van der Waals surface area contributed by atoms with E-state index >= 15 is 0 Å². The Bertz CT molecular complexity index is 648. The summed E-state index contributed by atoms with van der Waals surface area (Å²) in [6.45, 7) is 4.75. The van der Waals surface area contributed by atoms with E-state index in [-0.39, 0.29) is 24.8 Å². The molecular formula is C17H21N3O3. The lowest BCUT2D eigenvalue weighted by Crippen LogP contribution is -2.36. The zero-order chi connectivity index (χ0) is 16.8. The summed E-state index contributed by atoms with van der Waals surface area (Å²) >= 11 is 0. The molecule has 6 heteroatoms. The molecule has 0 aliphatic carbocycles. The maximum Gasteiger partial charge on any atom is 0.305 e. The van der Waals surface area contributed by atoms with Gasteiger partial charge in [-0.2, -0.15) is 5.10 Å². The number of hydrogen-bond donors (Lipinski definition) is 1. The van der Waals surface area contributed by atoms with E-state index in [1.807, 2.05) is 38.2 Å². The van der Waals surface area contributed by atoms with Crippen LogP contribution in [0.5, 0.6) is 0 Å². The first-order valence-electron chi connectivity index (χ1n) is 7.58. The SMILES string of the molecule is CC(C)CN(CCC(=O)O)C(=O)c1ccc(-n2cccn2)cc1. The fourth-order valence-corrected chi connectivity index (χ4v) is 2.31. The smallest absolute Gasteiger partial charge is 0.305 e. The molecule has 0 fully saturated rings. The summed E-state index contributed by atoms with van der Waals surface area (Å²) in [5.41, 5.74) is 1.42. The van der Waals surface area contributed by atoms with E-state index in [4.69, 9.17) is 5.11 Å². The molecule has 1 aromatic heterocycles. The number of carbonyl (C=O) groups is 2. The zero-order valence-corrected chi connectivity index (χ0v) is 13.3. The molecule has 0 atom stereocenters. The Morgan fingerprint density at radius 2 is 1.96 bits per heavy atom. The number of aromatic nitrogens is 2. The minimum absolute atomic E-state index is 0.0518. The van der Waals surface area contributed by atoms with Gasteiger partial charge in [-0.05, 0) is 36.2 Å². The molecule has 1 amide bonds. The molecule has 0 saturated carbocycles. The minimum Gasteiger partial charge on any atom is -0.481 e. The number of hydrogen-bond acceptors (Lipinski definition) is 3. The van der Waals surface area contributed by atoms with Crippen molar-refractivity contribution >= 4 is 11.9 Å². The largest absolute Gasteiger partial charge is 0.481 e. The Balaban J connectivity index is 2.13. The third-order valence-corrected chi connectivity index (χ3v) is 3.35. The summed E-state index contributed by atoms with van der Waals surface area (Å²) in [6, 6.07) is 8.96. The van der Waals surface area contributed by atoms with Crippen LogP contribution < -0.4 is 0 Å². The van der Waals surface area contributed by atoms with Crippen LogP contribution in [0.1, 0.15) is 30.6 Å². The first kappa shape index (κ1) is 16.7. The molecule has 0 bridgehead atoms. The van der Waals surface area contributed by atoms with Gasteiger partial charge in [0.2, 0.25) is 0 Å². The molecule has 1 aromatic carbocycles. The molecule has 122 valence electrons. The lowest BCUT2D eigenvalue weighted by atomic mass is 10.1. The number of carbonyl (C=O) groups excluding carboxylic acids is 1. The van der Waals surface area contributed by atoms with Crippen LogP contribution in [0.3, 0.4) is 0 Å². The fourth-order valence-electron chi connectivity index (χ4n) is 2.31. The van der Waals surface area contributed by atoms with Gasteiger partial charge < -0.3 is 10.0 Å². The highest BCUT2D eigenvalue weighted by molar-refractivity contribution is 5.94. The first-order valence-corrected chi connectivity index (χ1v) is 7.58. The molecule has 23 heavy (non-hydrogen) atoms. The van der Waals surface area contributed by atoms with Crippen LogP contribution in [0.15, 0.2) is 42.7 Å². The molecule has 0 unspecified atom stereocenters. The molecular weight excluding hydrogens is 294 g/mol. The summed E-state index contributed by atoms with van der Waals surface area (Å²) in [5, 5.41) is 13.0. The van der Waals surface area contributed by atoms with Crippen molar-refractivity contribution in [2.24, 2.45) is 5.92 Å². The number of nitrogens with zero attached hydrogens (tertiary/aromatic N) is 3. The van der Waals surface area contributed by atoms with Crippen molar-refractivity contribution in [1.82, 2.24) is 14.7 Å². The van der Waals surface area contributed by atoms with Crippen molar-refractivity contribution < 1.29 is 14.7 Å². The van der Waals surface area contributed by atoms with Gasteiger partial charge in [-0.3, -0.25) is 9.59 Å². The summed E-state index contributed by atoms with van der Waals surface area (Å²) in [5.74, 6) is -0.774. The van der Waals surface area contributed by atoms with Crippen molar-refractivity contribution in [1.29, 1.82) is 0 Å². The van der Waals surface area contributed by atoms with Crippen LogP contribution in [0, 0.1) is 5.92 Å². The lowest BCUT2D eigenvalue weighted by molar-refractivity contribution is -0.137. The second kappa shape index (κ2) is 7.58. The molecule has 2 aromatic rings. The highest BCUT2D eigenvalue weighted by Crippen LogP contribution is 2.12. The number of carboxylic acids is 1. The van der Waals surface area contributed by atoms with E-state index in [1.54, 1.807) is 27.9 Å². The summed E-state index contributed by atoms with van der Waals surface area (Å²) in [7, 11) is 0.